The normalized spacial score (nSPS) is 15.7. The van der Waals surface area contributed by atoms with Gasteiger partial charge >= 0.3 is 0 Å². The second kappa shape index (κ2) is 6.23. The van der Waals surface area contributed by atoms with E-state index >= 15 is 0 Å². The Labute approximate surface area is 132 Å². The number of halogens is 1. The van der Waals surface area contributed by atoms with Crippen LogP contribution in [0, 0.1) is 15.9 Å². The summed E-state index contributed by atoms with van der Waals surface area (Å²) in [7, 11) is 1.35. The summed E-state index contributed by atoms with van der Waals surface area (Å²) in [6, 6.07) is 4.49. The molecule has 2 aromatic rings. The van der Waals surface area contributed by atoms with Gasteiger partial charge in [-0.05, 0) is 18.9 Å². The number of nitro groups is 1. The van der Waals surface area contributed by atoms with E-state index in [0.717, 1.165) is 18.9 Å². The maximum atomic E-state index is 13.7. The van der Waals surface area contributed by atoms with Crippen LogP contribution in [-0.2, 0) is 0 Å². The van der Waals surface area contributed by atoms with Gasteiger partial charge in [-0.1, -0.05) is 0 Å². The van der Waals surface area contributed by atoms with E-state index < -0.39 is 10.7 Å². The summed E-state index contributed by atoms with van der Waals surface area (Å²) >= 11 is 0. The Balaban J connectivity index is 1.83. The van der Waals surface area contributed by atoms with Gasteiger partial charge in [0.1, 0.15) is 5.69 Å². The van der Waals surface area contributed by atoms with Crippen molar-refractivity contribution in [3.8, 4) is 5.75 Å². The van der Waals surface area contributed by atoms with Crippen molar-refractivity contribution in [2.45, 2.75) is 18.9 Å². The highest BCUT2D eigenvalue weighted by atomic mass is 19.1. The Morgan fingerprint density at radius 3 is 2.70 bits per heavy atom. The molecule has 1 aliphatic heterocycles. The van der Waals surface area contributed by atoms with Crippen LogP contribution in [0.3, 0.4) is 0 Å². The van der Waals surface area contributed by atoms with Gasteiger partial charge < -0.3 is 9.64 Å². The molecule has 1 fully saturated rings. The number of benzene rings is 1. The van der Waals surface area contributed by atoms with E-state index in [2.05, 4.69) is 5.10 Å². The van der Waals surface area contributed by atoms with E-state index in [-0.39, 0.29) is 17.5 Å². The van der Waals surface area contributed by atoms with Gasteiger partial charge in [0.25, 0.3) is 5.69 Å². The maximum absolute atomic E-state index is 13.7. The lowest BCUT2D eigenvalue weighted by atomic mass is 10.0. The minimum absolute atomic E-state index is 0.0137. The topological polar surface area (TPSA) is 73.4 Å². The molecule has 1 saturated heterocycles. The van der Waals surface area contributed by atoms with E-state index in [4.69, 9.17) is 4.74 Å². The molecule has 3 rings (SSSR count). The molecular formula is C15H17FN4O3. The molecule has 0 spiro atoms. The van der Waals surface area contributed by atoms with Gasteiger partial charge in [0.05, 0.1) is 24.1 Å². The summed E-state index contributed by atoms with van der Waals surface area (Å²) in [4.78, 5) is 12.6. The number of nitrogens with zero attached hydrogens (tertiary/aromatic N) is 4. The highest BCUT2D eigenvalue weighted by Gasteiger charge is 2.27. The molecule has 7 nitrogen and oxygen atoms in total. The van der Waals surface area contributed by atoms with Crippen molar-refractivity contribution in [3.05, 3.63) is 46.5 Å². The predicted octanol–water partition coefficient (Wildman–Crippen LogP) is 2.78. The van der Waals surface area contributed by atoms with Crippen molar-refractivity contribution in [1.82, 2.24) is 9.78 Å². The second-order valence-electron chi connectivity index (χ2n) is 5.44. The number of nitro benzene ring substituents is 1. The molecule has 8 heteroatoms. The summed E-state index contributed by atoms with van der Waals surface area (Å²) in [6.45, 7) is 1.28. The zero-order valence-electron chi connectivity index (χ0n) is 12.7. The number of rotatable bonds is 4. The number of ether oxygens (including phenoxy) is 1. The molecule has 0 atom stereocenters. The molecule has 1 aromatic heterocycles. The molecule has 0 bridgehead atoms. The summed E-state index contributed by atoms with van der Waals surface area (Å²) in [5, 5.41) is 15.5. The van der Waals surface area contributed by atoms with Crippen molar-refractivity contribution < 1.29 is 14.1 Å². The smallest absolute Gasteiger partial charge is 0.295 e. The first-order valence-corrected chi connectivity index (χ1v) is 7.36. The maximum Gasteiger partial charge on any atom is 0.295 e. The van der Waals surface area contributed by atoms with Gasteiger partial charge in [-0.2, -0.15) is 5.10 Å². The molecular weight excluding hydrogens is 303 g/mol. The minimum atomic E-state index is -0.727. The van der Waals surface area contributed by atoms with E-state index in [9.17, 15) is 14.5 Å². The Morgan fingerprint density at radius 1 is 1.39 bits per heavy atom. The lowest BCUT2D eigenvalue weighted by Crippen LogP contribution is -2.35. The lowest BCUT2D eigenvalue weighted by molar-refractivity contribution is -0.384. The van der Waals surface area contributed by atoms with Crippen LogP contribution in [0.4, 0.5) is 15.8 Å². The molecule has 0 radical (unpaired) electrons. The average molecular weight is 320 g/mol. The molecule has 0 amide bonds. The standard InChI is InChI=1S/C15H17FN4O3/c1-23-15-10-13(14(20(21)22)9-12(15)16)18-7-3-11(4-8-18)19-6-2-5-17-19/h2,5-6,9-11H,3-4,7-8H2,1H3. The van der Waals surface area contributed by atoms with Gasteiger partial charge in [-0.15, -0.1) is 0 Å². The minimum Gasteiger partial charge on any atom is -0.494 e. The molecule has 1 aliphatic rings. The second-order valence-corrected chi connectivity index (χ2v) is 5.44. The third-order valence-corrected chi connectivity index (χ3v) is 4.15. The van der Waals surface area contributed by atoms with E-state index in [1.807, 2.05) is 21.8 Å². The fourth-order valence-corrected chi connectivity index (χ4v) is 2.96. The first kappa shape index (κ1) is 15.3. The van der Waals surface area contributed by atoms with Gasteiger partial charge in [0.15, 0.2) is 11.6 Å². The van der Waals surface area contributed by atoms with Crippen molar-refractivity contribution >= 4 is 11.4 Å². The van der Waals surface area contributed by atoms with Crippen LogP contribution in [0.1, 0.15) is 18.9 Å². The number of methoxy groups -OCH3 is 1. The average Bonchev–Trinajstić information content (AvgIpc) is 3.09. The molecule has 23 heavy (non-hydrogen) atoms. The Kier molecular flexibility index (Phi) is 4.14. The van der Waals surface area contributed by atoms with Crippen LogP contribution in [-0.4, -0.2) is 34.9 Å². The Hall–Kier alpha value is -2.64. The molecule has 1 aromatic carbocycles. The monoisotopic (exact) mass is 320 g/mol. The first-order valence-electron chi connectivity index (χ1n) is 7.36. The van der Waals surface area contributed by atoms with Crippen molar-refractivity contribution in [1.29, 1.82) is 0 Å². The quantitative estimate of drug-likeness (QED) is 0.640. The van der Waals surface area contributed by atoms with Crippen molar-refractivity contribution in [2.75, 3.05) is 25.1 Å². The van der Waals surface area contributed by atoms with E-state index in [0.29, 0.717) is 18.8 Å². The third-order valence-electron chi connectivity index (χ3n) is 4.15. The van der Waals surface area contributed by atoms with E-state index in [1.165, 1.54) is 13.2 Å². The van der Waals surface area contributed by atoms with Crippen molar-refractivity contribution in [3.63, 3.8) is 0 Å². The fourth-order valence-electron chi connectivity index (χ4n) is 2.96. The van der Waals surface area contributed by atoms with E-state index in [1.54, 1.807) is 6.20 Å². The van der Waals surface area contributed by atoms with Crippen LogP contribution >= 0.6 is 0 Å². The number of hydrogen-bond donors (Lipinski definition) is 0. The zero-order chi connectivity index (χ0) is 16.4. The largest absolute Gasteiger partial charge is 0.494 e. The Morgan fingerprint density at radius 2 is 2.13 bits per heavy atom. The Bertz CT molecular complexity index is 697. The summed E-state index contributed by atoms with van der Waals surface area (Å²) in [5.41, 5.74) is 0.160. The van der Waals surface area contributed by atoms with Gasteiger partial charge in [-0.3, -0.25) is 14.8 Å². The lowest BCUT2D eigenvalue weighted by Gasteiger charge is -2.33. The van der Waals surface area contributed by atoms with Crippen LogP contribution in [0.5, 0.6) is 5.75 Å². The van der Waals surface area contributed by atoms with Crippen LogP contribution in [0.15, 0.2) is 30.6 Å². The molecule has 0 saturated carbocycles. The summed E-state index contributed by atoms with van der Waals surface area (Å²) in [5.74, 6) is -0.714. The third kappa shape index (κ3) is 2.96. The molecule has 0 aliphatic carbocycles. The molecule has 0 N–H and O–H groups in total. The first-order chi connectivity index (χ1) is 11.1. The fraction of sp³-hybridized carbons (Fsp3) is 0.400. The number of piperidine rings is 1. The zero-order valence-corrected chi connectivity index (χ0v) is 12.7. The number of anilines is 1. The SMILES string of the molecule is COc1cc(N2CCC(n3cccn3)CC2)c([N+](=O)[O-])cc1F. The number of hydrogen-bond acceptors (Lipinski definition) is 5. The van der Waals surface area contributed by atoms with Gasteiger partial charge in [0, 0.05) is 31.5 Å². The predicted molar refractivity (Wildman–Crippen MR) is 82.3 cm³/mol. The van der Waals surface area contributed by atoms with Crippen molar-refractivity contribution in [2.24, 2.45) is 0 Å². The highest BCUT2D eigenvalue weighted by Crippen LogP contribution is 2.36. The summed E-state index contributed by atoms with van der Waals surface area (Å²) in [6.07, 6.45) is 5.29. The molecule has 2 heterocycles. The van der Waals surface area contributed by atoms with Crippen LogP contribution in [0.2, 0.25) is 0 Å². The highest BCUT2D eigenvalue weighted by molar-refractivity contribution is 5.66. The number of aromatic nitrogens is 2. The van der Waals surface area contributed by atoms with Crippen LogP contribution < -0.4 is 9.64 Å². The molecule has 0 unspecified atom stereocenters. The van der Waals surface area contributed by atoms with Gasteiger partial charge in [0.2, 0.25) is 0 Å². The molecule has 122 valence electrons. The van der Waals surface area contributed by atoms with Gasteiger partial charge in [-0.25, -0.2) is 4.39 Å². The summed E-state index contributed by atoms with van der Waals surface area (Å²) < 4.78 is 20.6. The van der Waals surface area contributed by atoms with Crippen LogP contribution in [0.25, 0.3) is 0 Å².